The van der Waals surface area contributed by atoms with Crippen LogP contribution in [0.3, 0.4) is 0 Å². The standard InChI is InChI=1S/C18H18N2O3S/c1-23-18(22)20-9-8-13-4-5-15(11-14(13)12-20)19-17(21)7-6-16-3-2-10-24-16/h2-7,10-11H,8-9,12H2,1H3,(H,19,21). The fourth-order valence-corrected chi connectivity index (χ4v) is 3.27. The van der Waals surface area contributed by atoms with Crippen molar-refractivity contribution in [2.24, 2.45) is 0 Å². The van der Waals surface area contributed by atoms with Crippen LogP contribution in [-0.4, -0.2) is 30.6 Å². The number of nitrogens with zero attached hydrogens (tertiary/aromatic N) is 1. The first-order valence-electron chi connectivity index (χ1n) is 7.63. The van der Waals surface area contributed by atoms with Crippen LogP contribution in [0.5, 0.6) is 0 Å². The van der Waals surface area contributed by atoms with Gasteiger partial charge in [-0.25, -0.2) is 4.79 Å². The molecule has 0 bridgehead atoms. The maximum atomic E-state index is 12.0. The summed E-state index contributed by atoms with van der Waals surface area (Å²) in [7, 11) is 1.38. The number of methoxy groups -OCH3 is 1. The van der Waals surface area contributed by atoms with Crippen molar-refractivity contribution < 1.29 is 14.3 Å². The monoisotopic (exact) mass is 342 g/mol. The topological polar surface area (TPSA) is 58.6 Å². The highest BCUT2D eigenvalue weighted by Crippen LogP contribution is 2.23. The normalized spacial score (nSPS) is 13.6. The number of benzene rings is 1. The Balaban J connectivity index is 1.67. The summed E-state index contributed by atoms with van der Waals surface area (Å²) < 4.78 is 4.78. The Labute approximate surface area is 144 Å². The van der Waals surface area contributed by atoms with E-state index in [0.717, 1.165) is 22.5 Å². The van der Waals surface area contributed by atoms with Crippen LogP contribution in [0.2, 0.25) is 0 Å². The zero-order valence-electron chi connectivity index (χ0n) is 13.3. The van der Waals surface area contributed by atoms with Crippen LogP contribution in [0.1, 0.15) is 16.0 Å². The number of amides is 2. The quantitative estimate of drug-likeness (QED) is 0.868. The van der Waals surface area contributed by atoms with E-state index in [-0.39, 0.29) is 12.0 Å². The molecule has 0 fully saturated rings. The van der Waals surface area contributed by atoms with Gasteiger partial charge in [-0.05, 0) is 47.2 Å². The van der Waals surface area contributed by atoms with Gasteiger partial charge < -0.3 is 15.0 Å². The number of anilines is 1. The van der Waals surface area contributed by atoms with E-state index in [2.05, 4.69) is 5.32 Å². The van der Waals surface area contributed by atoms with Gasteiger partial charge in [0.15, 0.2) is 0 Å². The first kappa shape index (κ1) is 16.3. The number of thiophene rings is 1. The summed E-state index contributed by atoms with van der Waals surface area (Å²) in [5.74, 6) is -0.177. The summed E-state index contributed by atoms with van der Waals surface area (Å²) in [4.78, 5) is 26.4. The van der Waals surface area contributed by atoms with E-state index in [1.807, 2.05) is 35.7 Å². The van der Waals surface area contributed by atoms with Gasteiger partial charge in [0.05, 0.1) is 7.11 Å². The highest BCUT2D eigenvalue weighted by Gasteiger charge is 2.21. The molecule has 0 saturated heterocycles. The zero-order valence-corrected chi connectivity index (χ0v) is 14.1. The summed E-state index contributed by atoms with van der Waals surface area (Å²) in [6.45, 7) is 1.14. The van der Waals surface area contributed by atoms with Crippen molar-refractivity contribution in [2.45, 2.75) is 13.0 Å². The molecule has 6 heteroatoms. The third kappa shape index (κ3) is 3.83. The second kappa shape index (κ2) is 7.31. The van der Waals surface area contributed by atoms with Crippen molar-refractivity contribution in [1.82, 2.24) is 4.90 Å². The molecular weight excluding hydrogens is 324 g/mol. The minimum atomic E-state index is -0.325. The molecule has 2 amide bonds. The first-order chi connectivity index (χ1) is 11.7. The lowest BCUT2D eigenvalue weighted by Crippen LogP contribution is -2.35. The smallest absolute Gasteiger partial charge is 0.409 e. The van der Waals surface area contributed by atoms with Crippen molar-refractivity contribution >= 4 is 35.1 Å². The van der Waals surface area contributed by atoms with E-state index in [0.29, 0.717) is 13.1 Å². The second-order valence-corrected chi connectivity index (χ2v) is 6.44. The Kier molecular flexibility index (Phi) is 4.96. The van der Waals surface area contributed by atoms with Crippen molar-refractivity contribution in [1.29, 1.82) is 0 Å². The molecule has 0 unspecified atom stereocenters. The highest BCUT2D eigenvalue weighted by molar-refractivity contribution is 7.10. The molecule has 5 nitrogen and oxygen atoms in total. The third-order valence-corrected chi connectivity index (χ3v) is 4.70. The summed E-state index contributed by atoms with van der Waals surface area (Å²) in [5, 5.41) is 4.82. The molecule has 2 aromatic rings. The Morgan fingerprint density at radius 2 is 2.17 bits per heavy atom. The van der Waals surface area contributed by atoms with E-state index < -0.39 is 0 Å². The van der Waals surface area contributed by atoms with Crippen LogP contribution < -0.4 is 5.32 Å². The average molecular weight is 342 g/mol. The maximum Gasteiger partial charge on any atom is 0.409 e. The molecule has 1 aliphatic heterocycles. The molecule has 1 N–H and O–H groups in total. The van der Waals surface area contributed by atoms with Gasteiger partial charge >= 0.3 is 6.09 Å². The lowest BCUT2D eigenvalue weighted by Gasteiger charge is -2.28. The Morgan fingerprint density at radius 3 is 2.92 bits per heavy atom. The van der Waals surface area contributed by atoms with Crippen LogP contribution in [0.25, 0.3) is 6.08 Å². The van der Waals surface area contributed by atoms with Crippen LogP contribution >= 0.6 is 11.3 Å². The number of carbonyl (C=O) groups is 2. The fourth-order valence-electron chi connectivity index (χ4n) is 2.65. The van der Waals surface area contributed by atoms with Gasteiger partial charge in [-0.15, -0.1) is 11.3 Å². The molecule has 1 aromatic heterocycles. The summed E-state index contributed by atoms with van der Waals surface area (Å²) in [6, 6.07) is 9.71. The molecule has 0 atom stereocenters. The van der Waals surface area contributed by atoms with Crippen LogP contribution in [-0.2, 0) is 22.5 Å². The third-order valence-electron chi connectivity index (χ3n) is 3.86. The zero-order chi connectivity index (χ0) is 16.9. The second-order valence-electron chi connectivity index (χ2n) is 5.46. The Morgan fingerprint density at radius 1 is 1.29 bits per heavy atom. The van der Waals surface area contributed by atoms with Crippen molar-refractivity contribution in [3.63, 3.8) is 0 Å². The van der Waals surface area contributed by atoms with Gasteiger partial charge in [0.2, 0.25) is 5.91 Å². The molecule has 1 aromatic carbocycles. The molecule has 0 spiro atoms. The largest absolute Gasteiger partial charge is 0.453 e. The first-order valence-corrected chi connectivity index (χ1v) is 8.51. The van der Waals surface area contributed by atoms with E-state index in [1.165, 1.54) is 18.7 Å². The van der Waals surface area contributed by atoms with E-state index >= 15 is 0 Å². The van der Waals surface area contributed by atoms with Gasteiger partial charge in [0.25, 0.3) is 0 Å². The minimum Gasteiger partial charge on any atom is -0.453 e. The number of carbonyl (C=O) groups excluding carboxylic acids is 2. The number of fused-ring (bicyclic) bond motifs is 1. The highest BCUT2D eigenvalue weighted by atomic mass is 32.1. The minimum absolute atomic E-state index is 0.177. The summed E-state index contributed by atoms with van der Waals surface area (Å²) >= 11 is 1.58. The lowest BCUT2D eigenvalue weighted by atomic mass is 9.99. The molecule has 1 aliphatic rings. The summed E-state index contributed by atoms with van der Waals surface area (Å²) in [6.07, 6.45) is 3.77. The van der Waals surface area contributed by atoms with E-state index in [9.17, 15) is 9.59 Å². The van der Waals surface area contributed by atoms with Crippen LogP contribution in [0.4, 0.5) is 10.5 Å². The van der Waals surface area contributed by atoms with Crippen molar-refractivity contribution in [2.75, 3.05) is 19.0 Å². The number of nitrogens with one attached hydrogen (secondary N) is 1. The molecule has 2 heterocycles. The van der Waals surface area contributed by atoms with Gasteiger partial charge in [0, 0.05) is 29.7 Å². The van der Waals surface area contributed by atoms with E-state index in [4.69, 9.17) is 4.74 Å². The predicted molar refractivity (Wildman–Crippen MR) is 94.9 cm³/mol. The van der Waals surface area contributed by atoms with Crippen molar-refractivity contribution in [3.8, 4) is 0 Å². The number of hydrogen-bond donors (Lipinski definition) is 1. The van der Waals surface area contributed by atoms with Gasteiger partial charge in [-0.3, -0.25) is 4.79 Å². The molecule has 124 valence electrons. The average Bonchev–Trinajstić information content (AvgIpc) is 3.12. The fraction of sp³-hybridized carbons (Fsp3) is 0.222. The van der Waals surface area contributed by atoms with Crippen molar-refractivity contribution in [3.05, 3.63) is 57.8 Å². The molecule has 24 heavy (non-hydrogen) atoms. The molecule has 0 saturated carbocycles. The number of ether oxygens (including phenoxy) is 1. The lowest BCUT2D eigenvalue weighted by molar-refractivity contribution is -0.111. The molecular formula is C18H18N2O3S. The van der Waals surface area contributed by atoms with Gasteiger partial charge in [-0.1, -0.05) is 12.1 Å². The maximum absolute atomic E-state index is 12.0. The Bertz CT molecular complexity index is 769. The van der Waals surface area contributed by atoms with Crippen LogP contribution in [0.15, 0.2) is 41.8 Å². The van der Waals surface area contributed by atoms with Gasteiger partial charge in [-0.2, -0.15) is 0 Å². The van der Waals surface area contributed by atoms with Gasteiger partial charge in [0.1, 0.15) is 0 Å². The van der Waals surface area contributed by atoms with E-state index in [1.54, 1.807) is 22.3 Å². The molecule has 3 rings (SSSR count). The SMILES string of the molecule is COC(=O)N1CCc2ccc(NC(=O)C=Cc3cccs3)cc2C1. The summed E-state index contributed by atoms with van der Waals surface area (Å²) in [5.41, 5.74) is 2.95. The molecule has 0 radical (unpaired) electrons. The Hall–Kier alpha value is -2.60. The number of hydrogen-bond acceptors (Lipinski definition) is 4. The van der Waals surface area contributed by atoms with Crippen LogP contribution in [0, 0.1) is 0 Å². The predicted octanol–water partition coefficient (Wildman–Crippen LogP) is 3.52. The molecule has 0 aliphatic carbocycles. The number of rotatable bonds is 3.